The monoisotopic (exact) mass is 174 g/mol. The molecule has 0 spiro atoms. The van der Waals surface area contributed by atoms with E-state index >= 15 is 0 Å². The van der Waals surface area contributed by atoms with Gasteiger partial charge in [0.05, 0.1) is 6.20 Å². The lowest BCUT2D eigenvalue weighted by molar-refractivity contribution is 0.457. The second kappa shape index (κ2) is 2.25. The van der Waals surface area contributed by atoms with E-state index in [4.69, 9.17) is 0 Å². The molecule has 1 aliphatic carbocycles. The smallest absolute Gasteiger partial charge is 0.230 e. The van der Waals surface area contributed by atoms with Crippen LogP contribution < -0.4 is 0 Å². The molecule has 66 valence electrons. The molecule has 1 saturated carbocycles. The maximum absolute atomic E-state index is 9.25. The summed E-state index contributed by atoms with van der Waals surface area (Å²) in [4.78, 5) is 4.09. The van der Waals surface area contributed by atoms with Gasteiger partial charge in [-0.05, 0) is 30.4 Å². The van der Waals surface area contributed by atoms with Crippen molar-refractivity contribution in [3.63, 3.8) is 0 Å². The van der Waals surface area contributed by atoms with Crippen LogP contribution in [0.5, 0.6) is 5.88 Å². The minimum atomic E-state index is 0.105. The molecule has 0 bridgehead atoms. The van der Waals surface area contributed by atoms with Gasteiger partial charge in [-0.1, -0.05) is 6.07 Å². The molecule has 3 nitrogen and oxygen atoms in total. The number of imidazole rings is 1. The summed E-state index contributed by atoms with van der Waals surface area (Å²) in [5.41, 5.74) is 2.17. The highest BCUT2D eigenvalue weighted by molar-refractivity contribution is 5.52. The van der Waals surface area contributed by atoms with Gasteiger partial charge in [0.15, 0.2) is 0 Å². The summed E-state index contributed by atoms with van der Waals surface area (Å²) >= 11 is 0. The summed E-state index contributed by atoms with van der Waals surface area (Å²) in [7, 11) is 0. The zero-order valence-electron chi connectivity index (χ0n) is 7.14. The average molecular weight is 174 g/mol. The third-order valence-corrected chi connectivity index (χ3v) is 2.52. The summed E-state index contributed by atoms with van der Waals surface area (Å²) in [5.74, 6) is 0.776. The molecule has 13 heavy (non-hydrogen) atoms. The predicted molar refractivity (Wildman–Crippen MR) is 48.8 cm³/mol. The van der Waals surface area contributed by atoms with Crippen molar-refractivity contribution in [2.24, 2.45) is 0 Å². The van der Waals surface area contributed by atoms with E-state index in [1.54, 1.807) is 6.20 Å². The van der Waals surface area contributed by atoms with E-state index < -0.39 is 0 Å². The van der Waals surface area contributed by atoms with Gasteiger partial charge < -0.3 is 9.51 Å². The zero-order chi connectivity index (χ0) is 8.84. The molecule has 3 rings (SSSR count). The lowest BCUT2D eigenvalue weighted by atomic mass is 10.2. The van der Waals surface area contributed by atoms with Gasteiger partial charge in [-0.25, -0.2) is 0 Å². The third kappa shape index (κ3) is 1.00. The maximum atomic E-state index is 9.25. The molecule has 0 radical (unpaired) electrons. The van der Waals surface area contributed by atoms with Crippen LogP contribution >= 0.6 is 0 Å². The molecule has 1 N–H and O–H groups in total. The van der Waals surface area contributed by atoms with E-state index in [0.717, 1.165) is 5.65 Å². The van der Waals surface area contributed by atoms with Crippen LogP contribution in [0, 0.1) is 0 Å². The first-order valence-corrected chi connectivity index (χ1v) is 4.51. The lowest BCUT2D eigenvalue weighted by Crippen LogP contribution is -1.88. The van der Waals surface area contributed by atoms with Crippen molar-refractivity contribution in [3.8, 4) is 5.88 Å². The Labute approximate surface area is 75.7 Å². The third-order valence-electron chi connectivity index (χ3n) is 2.52. The number of pyridine rings is 1. The molecule has 1 aliphatic rings. The molecule has 0 aromatic carbocycles. The highest BCUT2D eigenvalue weighted by atomic mass is 16.3. The Balaban J connectivity index is 2.31. The van der Waals surface area contributed by atoms with Gasteiger partial charge in [0, 0.05) is 6.20 Å². The first-order chi connectivity index (χ1) is 6.34. The standard InChI is InChI=1S/C10H10N2O/c13-9-6-12-5-1-2-8(7-3-4-7)10(12)11-9/h1-2,5-7,13H,3-4H2. The van der Waals surface area contributed by atoms with Gasteiger partial charge in [-0.15, -0.1) is 0 Å². The highest BCUT2D eigenvalue weighted by Crippen LogP contribution is 2.41. The van der Waals surface area contributed by atoms with Crippen molar-refractivity contribution in [3.05, 3.63) is 30.1 Å². The summed E-state index contributed by atoms with van der Waals surface area (Å²) in [6.45, 7) is 0. The van der Waals surface area contributed by atoms with Crippen LogP contribution in [0.15, 0.2) is 24.5 Å². The van der Waals surface area contributed by atoms with E-state index in [2.05, 4.69) is 11.1 Å². The predicted octanol–water partition coefficient (Wildman–Crippen LogP) is 1.92. The van der Waals surface area contributed by atoms with Crippen LogP contribution in [0.25, 0.3) is 5.65 Å². The Kier molecular flexibility index (Phi) is 1.20. The number of hydrogen-bond donors (Lipinski definition) is 1. The molecule has 0 saturated heterocycles. The second-order valence-corrected chi connectivity index (χ2v) is 3.57. The fourth-order valence-corrected chi connectivity index (χ4v) is 1.73. The van der Waals surface area contributed by atoms with Gasteiger partial charge in [-0.2, -0.15) is 4.98 Å². The van der Waals surface area contributed by atoms with Crippen molar-refractivity contribution < 1.29 is 5.11 Å². The number of nitrogens with zero attached hydrogens (tertiary/aromatic N) is 2. The Bertz CT molecular complexity index is 457. The van der Waals surface area contributed by atoms with Crippen LogP contribution in [-0.4, -0.2) is 14.5 Å². The van der Waals surface area contributed by atoms with Gasteiger partial charge in [-0.3, -0.25) is 0 Å². The first-order valence-electron chi connectivity index (χ1n) is 4.51. The Morgan fingerprint density at radius 1 is 1.46 bits per heavy atom. The fraction of sp³-hybridized carbons (Fsp3) is 0.300. The van der Waals surface area contributed by atoms with E-state index in [1.807, 2.05) is 16.7 Å². The Hall–Kier alpha value is -1.51. The van der Waals surface area contributed by atoms with Crippen LogP contribution in [0.1, 0.15) is 24.3 Å². The van der Waals surface area contributed by atoms with E-state index in [0.29, 0.717) is 5.92 Å². The van der Waals surface area contributed by atoms with Crippen molar-refractivity contribution in [1.82, 2.24) is 9.38 Å². The molecule has 0 amide bonds. The van der Waals surface area contributed by atoms with Crippen LogP contribution in [-0.2, 0) is 0 Å². The molecule has 0 aliphatic heterocycles. The van der Waals surface area contributed by atoms with E-state index in [-0.39, 0.29) is 5.88 Å². The Morgan fingerprint density at radius 3 is 3.08 bits per heavy atom. The van der Waals surface area contributed by atoms with Crippen molar-refractivity contribution >= 4 is 5.65 Å². The normalized spacial score (nSPS) is 16.6. The summed E-state index contributed by atoms with van der Waals surface area (Å²) < 4.78 is 1.88. The largest absolute Gasteiger partial charge is 0.492 e. The molecule has 3 heteroatoms. The molecular formula is C10H10N2O. The molecule has 1 fully saturated rings. The van der Waals surface area contributed by atoms with E-state index in [1.165, 1.54) is 18.4 Å². The molecule has 0 atom stereocenters. The molecule has 2 heterocycles. The maximum Gasteiger partial charge on any atom is 0.230 e. The first kappa shape index (κ1) is 6.95. The van der Waals surface area contributed by atoms with Crippen molar-refractivity contribution in [2.75, 3.05) is 0 Å². The molecular weight excluding hydrogens is 164 g/mol. The summed E-state index contributed by atoms with van der Waals surface area (Å²) in [5, 5.41) is 9.25. The highest BCUT2D eigenvalue weighted by Gasteiger charge is 2.26. The Morgan fingerprint density at radius 2 is 2.31 bits per heavy atom. The average Bonchev–Trinajstić information content (AvgIpc) is 2.86. The van der Waals surface area contributed by atoms with Crippen LogP contribution in [0.3, 0.4) is 0 Å². The molecule has 2 aromatic heterocycles. The summed E-state index contributed by atoms with van der Waals surface area (Å²) in [6.07, 6.45) is 6.07. The second-order valence-electron chi connectivity index (χ2n) is 3.57. The zero-order valence-corrected chi connectivity index (χ0v) is 7.14. The van der Waals surface area contributed by atoms with Crippen molar-refractivity contribution in [1.29, 1.82) is 0 Å². The van der Waals surface area contributed by atoms with Gasteiger partial charge in [0.2, 0.25) is 5.88 Å². The number of fused-ring (bicyclic) bond motifs is 1. The van der Waals surface area contributed by atoms with Crippen LogP contribution in [0.4, 0.5) is 0 Å². The topological polar surface area (TPSA) is 37.5 Å². The van der Waals surface area contributed by atoms with Crippen molar-refractivity contribution in [2.45, 2.75) is 18.8 Å². The quantitative estimate of drug-likeness (QED) is 0.717. The number of aromatic hydroxyl groups is 1. The van der Waals surface area contributed by atoms with E-state index in [9.17, 15) is 5.11 Å². The van der Waals surface area contributed by atoms with Gasteiger partial charge in [0.1, 0.15) is 5.65 Å². The lowest BCUT2D eigenvalue weighted by Gasteiger charge is -1.99. The molecule has 0 unspecified atom stereocenters. The summed E-state index contributed by atoms with van der Waals surface area (Å²) in [6, 6.07) is 4.10. The van der Waals surface area contributed by atoms with Crippen LogP contribution in [0.2, 0.25) is 0 Å². The molecule has 2 aromatic rings. The van der Waals surface area contributed by atoms with Gasteiger partial charge in [0.25, 0.3) is 0 Å². The minimum absolute atomic E-state index is 0.105. The van der Waals surface area contributed by atoms with Gasteiger partial charge >= 0.3 is 0 Å². The number of hydrogen-bond acceptors (Lipinski definition) is 2. The SMILES string of the molecule is Oc1cn2cccc(C3CC3)c2n1. The number of aromatic nitrogens is 2. The fourth-order valence-electron chi connectivity index (χ4n) is 1.73. The number of rotatable bonds is 1. The minimum Gasteiger partial charge on any atom is -0.492 e.